The van der Waals surface area contributed by atoms with Crippen LogP contribution in [-0.4, -0.2) is 18.8 Å². The number of phenols is 1. The van der Waals surface area contributed by atoms with Crippen LogP contribution in [0.3, 0.4) is 0 Å². The van der Waals surface area contributed by atoms with Gasteiger partial charge in [0.2, 0.25) is 0 Å². The molecule has 1 atom stereocenters. The maximum absolute atomic E-state index is 12.0. The van der Waals surface area contributed by atoms with Crippen LogP contribution in [0.5, 0.6) is 11.5 Å². The first-order valence-electron chi connectivity index (χ1n) is 9.42. The number of ether oxygens (including phenoxy) is 1. The zero-order chi connectivity index (χ0) is 20.1. The zero-order valence-electron chi connectivity index (χ0n) is 16.3. The number of hydrogen-bond acceptors (Lipinski definition) is 4. The number of fused-ring (bicyclic) bond motifs is 1. The molecule has 0 saturated carbocycles. The topological polar surface area (TPSA) is 64.1 Å². The van der Waals surface area contributed by atoms with Gasteiger partial charge in [0.25, 0.3) is 0 Å². The van der Waals surface area contributed by atoms with E-state index in [0.717, 1.165) is 28.8 Å². The summed E-state index contributed by atoms with van der Waals surface area (Å²) in [5.41, 5.74) is 2.97. The Hall–Kier alpha value is -3.05. The number of aromatic hydroxyl groups is 1. The van der Waals surface area contributed by atoms with Crippen molar-refractivity contribution < 1.29 is 19.2 Å². The van der Waals surface area contributed by atoms with E-state index in [9.17, 15) is 9.90 Å². The third-order valence-corrected chi connectivity index (χ3v) is 4.70. The molecule has 0 saturated heterocycles. The Balaban J connectivity index is 1.79. The van der Waals surface area contributed by atoms with Gasteiger partial charge in [-0.15, -0.1) is 0 Å². The maximum Gasteiger partial charge on any atom is 0.336 e. The Morgan fingerprint density at radius 3 is 2.57 bits per heavy atom. The van der Waals surface area contributed by atoms with E-state index in [1.54, 1.807) is 12.1 Å². The Morgan fingerprint density at radius 1 is 1.14 bits per heavy atom. The predicted octanol–water partition coefficient (Wildman–Crippen LogP) is 2.84. The number of hydrogen-bond donors (Lipinski definition) is 2. The van der Waals surface area contributed by atoms with Crippen molar-refractivity contribution in [3.63, 3.8) is 0 Å². The Bertz CT molecular complexity index is 1020. The van der Waals surface area contributed by atoms with Crippen molar-refractivity contribution >= 4 is 11.0 Å². The predicted molar refractivity (Wildman–Crippen MR) is 110 cm³/mol. The number of quaternary nitrogens is 1. The average molecular weight is 380 g/mol. The van der Waals surface area contributed by atoms with E-state index in [0.29, 0.717) is 25.2 Å². The molecule has 5 nitrogen and oxygen atoms in total. The molecular weight excluding hydrogens is 354 g/mol. The van der Waals surface area contributed by atoms with E-state index >= 15 is 0 Å². The molecule has 1 unspecified atom stereocenters. The fourth-order valence-electron chi connectivity index (χ4n) is 3.33. The molecule has 1 aromatic heterocycles. The third kappa shape index (κ3) is 4.61. The second kappa shape index (κ2) is 8.76. The van der Waals surface area contributed by atoms with E-state index in [1.807, 2.05) is 37.3 Å². The number of rotatable bonds is 8. The molecular formula is C23H26NO4+. The molecule has 0 aliphatic carbocycles. The van der Waals surface area contributed by atoms with Gasteiger partial charge in [0.05, 0.1) is 7.05 Å². The van der Waals surface area contributed by atoms with Crippen molar-refractivity contribution in [2.24, 2.45) is 0 Å². The molecule has 1 heterocycles. The van der Waals surface area contributed by atoms with Gasteiger partial charge < -0.3 is 19.2 Å². The molecule has 0 amide bonds. The van der Waals surface area contributed by atoms with Gasteiger partial charge in [0.1, 0.15) is 36.8 Å². The number of benzene rings is 2. The first kappa shape index (κ1) is 19.7. The van der Waals surface area contributed by atoms with Gasteiger partial charge in [-0.25, -0.2) is 4.79 Å². The summed E-state index contributed by atoms with van der Waals surface area (Å²) >= 11 is 0. The molecule has 0 aliphatic heterocycles. The second-order valence-corrected chi connectivity index (χ2v) is 6.98. The van der Waals surface area contributed by atoms with Crippen molar-refractivity contribution in [2.75, 3.05) is 13.7 Å². The Morgan fingerprint density at radius 2 is 1.89 bits per heavy atom. The summed E-state index contributed by atoms with van der Waals surface area (Å²) in [5.74, 6) is 0.981. The van der Waals surface area contributed by atoms with Crippen molar-refractivity contribution in [2.45, 2.75) is 26.4 Å². The van der Waals surface area contributed by atoms with Crippen LogP contribution in [-0.2, 0) is 19.5 Å². The van der Waals surface area contributed by atoms with Crippen molar-refractivity contribution in [3.8, 4) is 11.5 Å². The highest BCUT2D eigenvalue weighted by molar-refractivity contribution is 5.82. The smallest absolute Gasteiger partial charge is 0.336 e. The van der Waals surface area contributed by atoms with Crippen LogP contribution in [0.15, 0.2) is 64.3 Å². The molecule has 2 N–H and O–H groups in total. The minimum Gasteiger partial charge on any atom is -0.508 e. The molecule has 146 valence electrons. The molecule has 0 fully saturated rings. The molecule has 0 bridgehead atoms. The van der Waals surface area contributed by atoms with Gasteiger partial charge in [-0.1, -0.05) is 19.6 Å². The van der Waals surface area contributed by atoms with Crippen molar-refractivity contribution in [3.05, 3.63) is 82.2 Å². The molecule has 2 aromatic carbocycles. The number of phenolic OH excluding ortho intramolecular Hbond substituents is 1. The Labute approximate surface area is 164 Å². The summed E-state index contributed by atoms with van der Waals surface area (Å²) in [6.07, 6.45) is 2.43. The van der Waals surface area contributed by atoms with Crippen LogP contribution in [0.4, 0.5) is 0 Å². The monoisotopic (exact) mass is 380 g/mol. The highest BCUT2D eigenvalue weighted by Gasteiger charge is 2.14. The van der Waals surface area contributed by atoms with Crippen LogP contribution in [0.2, 0.25) is 0 Å². The van der Waals surface area contributed by atoms with Gasteiger partial charge in [-0.3, -0.25) is 0 Å². The normalized spacial score (nSPS) is 12.1. The van der Waals surface area contributed by atoms with Crippen molar-refractivity contribution in [1.82, 2.24) is 0 Å². The van der Waals surface area contributed by atoms with Gasteiger partial charge >= 0.3 is 5.63 Å². The van der Waals surface area contributed by atoms with Crippen LogP contribution < -0.4 is 15.3 Å². The highest BCUT2D eigenvalue weighted by Crippen LogP contribution is 2.26. The van der Waals surface area contributed by atoms with Gasteiger partial charge in [0.15, 0.2) is 0 Å². The molecule has 3 aromatic rings. The largest absolute Gasteiger partial charge is 0.508 e. The lowest BCUT2D eigenvalue weighted by molar-refractivity contribution is -0.907. The maximum atomic E-state index is 12.0. The first-order valence-corrected chi connectivity index (χ1v) is 9.42. The minimum absolute atomic E-state index is 0.162. The van der Waals surface area contributed by atoms with E-state index in [1.165, 1.54) is 16.5 Å². The lowest BCUT2D eigenvalue weighted by atomic mass is 10.0. The van der Waals surface area contributed by atoms with Crippen LogP contribution in [0, 0.1) is 0 Å². The summed E-state index contributed by atoms with van der Waals surface area (Å²) in [5, 5.41) is 10.9. The fraction of sp³-hybridized carbons (Fsp3) is 0.261. The van der Waals surface area contributed by atoms with Crippen molar-refractivity contribution in [1.29, 1.82) is 0 Å². The van der Waals surface area contributed by atoms with E-state index in [4.69, 9.17) is 9.15 Å². The quantitative estimate of drug-likeness (QED) is 0.466. The fourth-order valence-corrected chi connectivity index (χ4v) is 3.33. The summed E-state index contributed by atoms with van der Waals surface area (Å²) in [7, 11) is 2.09. The standard InChI is InChI=1S/C23H25NO4/c1-4-10-27-19-8-6-16(7-9-19)14-24(3)15-18-12-23(26)28-22-13-21(25)17(5-2)11-20(18)22/h4,6-9,11-13,25H,1,5,10,14-15H2,2-3H3/p+1. The average Bonchev–Trinajstić information content (AvgIpc) is 2.66. The molecule has 0 spiro atoms. The second-order valence-electron chi connectivity index (χ2n) is 6.98. The van der Waals surface area contributed by atoms with E-state index in [-0.39, 0.29) is 5.75 Å². The van der Waals surface area contributed by atoms with E-state index in [2.05, 4.69) is 13.6 Å². The third-order valence-electron chi connectivity index (χ3n) is 4.70. The van der Waals surface area contributed by atoms with E-state index < -0.39 is 5.63 Å². The molecule has 3 rings (SSSR count). The molecule has 0 aliphatic rings. The highest BCUT2D eigenvalue weighted by atomic mass is 16.5. The first-order chi connectivity index (χ1) is 13.5. The van der Waals surface area contributed by atoms with Crippen LogP contribution >= 0.6 is 0 Å². The molecule has 28 heavy (non-hydrogen) atoms. The Kier molecular flexibility index (Phi) is 6.16. The summed E-state index contributed by atoms with van der Waals surface area (Å²) in [6, 6.07) is 13.0. The lowest BCUT2D eigenvalue weighted by Crippen LogP contribution is -3.06. The van der Waals surface area contributed by atoms with Gasteiger partial charge in [-0.05, 0) is 42.3 Å². The SMILES string of the molecule is C=CCOc1ccc(C[NH+](C)Cc2cc(=O)oc3cc(O)c(CC)cc23)cc1. The zero-order valence-corrected chi connectivity index (χ0v) is 16.3. The summed E-state index contributed by atoms with van der Waals surface area (Å²) in [6.45, 7) is 7.60. The minimum atomic E-state index is -0.400. The van der Waals surface area contributed by atoms with Crippen LogP contribution in [0.25, 0.3) is 11.0 Å². The number of aryl methyl sites for hydroxylation is 1. The molecule has 5 heteroatoms. The summed E-state index contributed by atoms with van der Waals surface area (Å²) in [4.78, 5) is 13.2. The number of nitrogens with one attached hydrogen (secondary N) is 1. The van der Waals surface area contributed by atoms with Gasteiger partial charge in [0, 0.05) is 28.6 Å². The van der Waals surface area contributed by atoms with Crippen LogP contribution in [0.1, 0.15) is 23.6 Å². The lowest BCUT2D eigenvalue weighted by Gasteiger charge is -2.16. The molecule has 0 radical (unpaired) electrons. The van der Waals surface area contributed by atoms with Gasteiger partial charge in [-0.2, -0.15) is 0 Å². The summed E-state index contributed by atoms with van der Waals surface area (Å²) < 4.78 is 10.8.